The van der Waals surface area contributed by atoms with Crippen LogP contribution < -0.4 is 0 Å². The zero-order chi connectivity index (χ0) is 13.8. The summed E-state index contributed by atoms with van der Waals surface area (Å²) >= 11 is 1.93. The van der Waals surface area contributed by atoms with Crippen molar-refractivity contribution in [2.75, 3.05) is 0 Å². The average molecular weight is 276 g/mol. The van der Waals surface area contributed by atoms with Crippen molar-refractivity contribution >= 4 is 23.7 Å². The second-order valence-electron chi connectivity index (χ2n) is 5.83. The van der Waals surface area contributed by atoms with Gasteiger partial charge < -0.3 is 0 Å². The van der Waals surface area contributed by atoms with Gasteiger partial charge in [0.25, 0.3) is 0 Å². The molecule has 0 saturated heterocycles. The summed E-state index contributed by atoms with van der Waals surface area (Å²) in [7, 11) is 0. The molecule has 0 bridgehead atoms. The molecule has 1 aliphatic rings. The van der Waals surface area contributed by atoms with E-state index in [1.165, 1.54) is 53.0 Å². The lowest BCUT2D eigenvalue weighted by atomic mass is 9.81. The van der Waals surface area contributed by atoms with Gasteiger partial charge in [-0.2, -0.15) is 0 Å². The number of carbonyl (C=O) groups is 1. The van der Waals surface area contributed by atoms with Crippen molar-refractivity contribution in [3.63, 3.8) is 0 Å². The summed E-state index contributed by atoms with van der Waals surface area (Å²) < 4.78 is 0. The second kappa shape index (κ2) is 6.51. The summed E-state index contributed by atoms with van der Waals surface area (Å²) in [5, 5.41) is 0. The molecule has 0 aliphatic heterocycles. The Morgan fingerprint density at radius 1 is 1.21 bits per heavy atom. The van der Waals surface area contributed by atoms with E-state index < -0.39 is 0 Å². The molecule has 0 N–H and O–H groups in total. The summed E-state index contributed by atoms with van der Waals surface area (Å²) in [6, 6.07) is 0. The molecule has 0 radical (unpaired) electrons. The Bertz CT molecular complexity index is 462. The summed E-state index contributed by atoms with van der Waals surface area (Å²) in [5.74, 6) is 1.25. The molecular weight excluding hydrogens is 252 g/mol. The van der Waals surface area contributed by atoms with Crippen LogP contribution in [0.15, 0.2) is 6.08 Å². The second-order valence-corrected chi connectivity index (χ2v) is 7.09. The molecule has 0 atom stereocenters. The van der Waals surface area contributed by atoms with Crippen molar-refractivity contribution in [2.45, 2.75) is 64.7 Å². The number of hydrogen-bond donors (Lipinski definition) is 0. The van der Waals surface area contributed by atoms with Crippen molar-refractivity contribution in [3.05, 3.63) is 27.0 Å². The van der Waals surface area contributed by atoms with Crippen LogP contribution in [0.5, 0.6) is 0 Å². The summed E-state index contributed by atoms with van der Waals surface area (Å²) in [4.78, 5) is 13.6. The van der Waals surface area contributed by atoms with Gasteiger partial charge in [-0.1, -0.05) is 39.2 Å². The highest BCUT2D eigenvalue weighted by Gasteiger charge is 2.24. The van der Waals surface area contributed by atoms with Gasteiger partial charge in [-0.3, -0.25) is 4.79 Å². The van der Waals surface area contributed by atoms with Crippen LogP contribution in [0.2, 0.25) is 0 Å². The van der Waals surface area contributed by atoms with Crippen molar-refractivity contribution in [1.82, 2.24) is 0 Å². The lowest BCUT2D eigenvalue weighted by Gasteiger charge is -2.23. The Labute approximate surface area is 120 Å². The molecule has 1 fully saturated rings. The number of aryl methyl sites for hydroxylation is 1. The minimum absolute atomic E-state index is 0.535. The molecule has 0 amide bonds. The smallest absolute Gasteiger partial charge is 0.142 e. The van der Waals surface area contributed by atoms with E-state index >= 15 is 0 Å². The highest BCUT2D eigenvalue weighted by Crippen LogP contribution is 2.43. The van der Waals surface area contributed by atoms with Crippen LogP contribution in [-0.2, 0) is 4.79 Å². The van der Waals surface area contributed by atoms with Crippen LogP contribution in [0.25, 0.3) is 6.08 Å². The minimum atomic E-state index is 0.535. The Kier molecular flexibility index (Phi) is 4.98. The van der Waals surface area contributed by atoms with E-state index in [-0.39, 0.29) is 0 Å². The van der Waals surface area contributed by atoms with Gasteiger partial charge >= 0.3 is 0 Å². The van der Waals surface area contributed by atoms with E-state index in [2.05, 4.69) is 20.8 Å². The molecule has 2 heteroatoms. The van der Waals surface area contributed by atoms with E-state index in [0.717, 1.165) is 6.29 Å². The number of allylic oxidation sites excluding steroid dienone is 1. The van der Waals surface area contributed by atoms with Gasteiger partial charge in [0.2, 0.25) is 0 Å². The number of rotatable bonds is 4. The van der Waals surface area contributed by atoms with E-state index in [0.29, 0.717) is 11.8 Å². The molecular formula is C17H24OS. The third-order valence-corrected chi connectivity index (χ3v) is 5.51. The third kappa shape index (κ3) is 3.17. The zero-order valence-corrected chi connectivity index (χ0v) is 13.1. The quantitative estimate of drug-likeness (QED) is 0.528. The molecule has 2 rings (SSSR count). The molecule has 1 aliphatic carbocycles. The number of hydrogen-bond acceptors (Lipinski definition) is 2. The fourth-order valence-corrected chi connectivity index (χ4v) is 4.47. The highest BCUT2D eigenvalue weighted by atomic mass is 32.1. The lowest BCUT2D eigenvalue weighted by Crippen LogP contribution is -2.06. The maximum absolute atomic E-state index is 10.7. The Morgan fingerprint density at radius 3 is 2.47 bits per heavy atom. The summed E-state index contributed by atoms with van der Waals surface area (Å²) in [5.41, 5.74) is 2.88. The number of carbonyl (C=O) groups excluding carboxylic acids is 1. The van der Waals surface area contributed by atoms with E-state index in [9.17, 15) is 4.79 Å². The Balaban J connectivity index is 2.44. The van der Waals surface area contributed by atoms with Crippen molar-refractivity contribution < 1.29 is 4.79 Å². The van der Waals surface area contributed by atoms with E-state index in [1.807, 2.05) is 17.4 Å². The van der Waals surface area contributed by atoms with Crippen molar-refractivity contribution in [1.29, 1.82) is 0 Å². The van der Waals surface area contributed by atoms with E-state index in [1.54, 1.807) is 6.08 Å². The van der Waals surface area contributed by atoms with Gasteiger partial charge in [-0.25, -0.2) is 0 Å². The van der Waals surface area contributed by atoms with Crippen LogP contribution in [0.4, 0.5) is 0 Å². The molecule has 19 heavy (non-hydrogen) atoms. The van der Waals surface area contributed by atoms with Gasteiger partial charge in [-0.05, 0) is 48.8 Å². The molecule has 0 unspecified atom stereocenters. The lowest BCUT2D eigenvalue weighted by molar-refractivity contribution is -0.104. The van der Waals surface area contributed by atoms with Crippen LogP contribution in [0, 0.1) is 6.92 Å². The van der Waals surface area contributed by atoms with Crippen LogP contribution in [0.1, 0.15) is 78.7 Å². The first-order valence-electron chi connectivity index (χ1n) is 7.40. The summed E-state index contributed by atoms with van der Waals surface area (Å²) in [6.07, 6.45) is 11.3. The fraction of sp³-hybridized carbons (Fsp3) is 0.588. The largest absolute Gasteiger partial charge is 0.299 e. The average Bonchev–Trinajstić information content (AvgIpc) is 2.74. The predicted molar refractivity (Wildman–Crippen MR) is 84.1 cm³/mol. The monoisotopic (exact) mass is 276 g/mol. The van der Waals surface area contributed by atoms with E-state index in [4.69, 9.17) is 0 Å². The first-order valence-corrected chi connectivity index (χ1v) is 8.21. The normalized spacial score (nSPS) is 17.5. The van der Waals surface area contributed by atoms with Gasteiger partial charge in [0.15, 0.2) is 0 Å². The van der Waals surface area contributed by atoms with Crippen LogP contribution in [0.3, 0.4) is 0 Å². The van der Waals surface area contributed by atoms with Gasteiger partial charge in [0, 0.05) is 9.75 Å². The fourth-order valence-electron chi connectivity index (χ4n) is 3.23. The summed E-state index contributed by atoms with van der Waals surface area (Å²) in [6.45, 7) is 6.74. The van der Waals surface area contributed by atoms with Gasteiger partial charge in [0.1, 0.15) is 6.29 Å². The SMILES string of the molecule is Cc1sc(C(C)C)c(/C=C/C=O)c1C1CCCCC1. The zero-order valence-electron chi connectivity index (χ0n) is 12.2. The van der Waals surface area contributed by atoms with Crippen molar-refractivity contribution in [2.24, 2.45) is 0 Å². The predicted octanol–water partition coefficient (Wildman–Crippen LogP) is 5.44. The molecule has 0 aromatic carbocycles. The molecule has 1 heterocycles. The molecule has 104 valence electrons. The molecule has 1 aromatic heterocycles. The van der Waals surface area contributed by atoms with Crippen LogP contribution in [-0.4, -0.2) is 6.29 Å². The number of thiophene rings is 1. The minimum Gasteiger partial charge on any atom is -0.299 e. The topological polar surface area (TPSA) is 17.1 Å². The maximum atomic E-state index is 10.7. The highest BCUT2D eigenvalue weighted by molar-refractivity contribution is 7.12. The molecule has 1 saturated carbocycles. The molecule has 1 nitrogen and oxygen atoms in total. The maximum Gasteiger partial charge on any atom is 0.142 e. The first kappa shape index (κ1) is 14.5. The van der Waals surface area contributed by atoms with Gasteiger partial charge in [-0.15, -0.1) is 11.3 Å². The third-order valence-electron chi connectivity index (χ3n) is 4.08. The number of aldehydes is 1. The Hall–Kier alpha value is -0.890. The van der Waals surface area contributed by atoms with Gasteiger partial charge in [0.05, 0.1) is 0 Å². The Morgan fingerprint density at radius 2 is 1.89 bits per heavy atom. The first-order chi connectivity index (χ1) is 9.15. The van der Waals surface area contributed by atoms with Crippen molar-refractivity contribution in [3.8, 4) is 0 Å². The standard InChI is InChI=1S/C17H24OS/c1-12(2)17-15(10-7-11-18)16(13(3)19-17)14-8-5-4-6-9-14/h7,10-12,14H,4-6,8-9H2,1-3H3/b10-7+. The van der Waals surface area contributed by atoms with Crippen LogP contribution >= 0.6 is 11.3 Å². The molecule has 0 spiro atoms. The molecule has 1 aromatic rings.